The first kappa shape index (κ1) is 15.2. The molecule has 2 heterocycles. The SMILES string of the molecule is CC12CCC(=O)N1C(C(=O)NCCc1ccc(N)cc1)CS2. The summed E-state index contributed by atoms with van der Waals surface area (Å²) in [6.07, 6.45) is 2.15. The molecule has 0 aliphatic carbocycles. The van der Waals surface area contributed by atoms with Crippen molar-refractivity contribution in [2.24, 2.45) is 0 Å². The first-order valence-electron chi connectivity index (χ1n) is 7.58. The summed E-state index contributed by atoms with van der Waals surface area (Å²) >= 11 is 1.72. The number of nitrogens with two attached hydrogens (primary N) is 1. The van der Waals surface area contributed by atoms with Crippen LogP contribution < -0.4 is 11.1 Å². The van der Waals surface area contributed by atoms with Crippen molar-refractivity contribution < 1.29 is 9.59 Å². The Morgan fingerprint density at radius 1 is 1.45 bits per heavy atom. The summed E-state index contributed by atoms with van der Waals surface area (Å²) in [5, 5.41) is 2.96. The second-order valence-corrected chi connectivity index (χ2v) is 7.55. The molecular formula is C16H21N3O2S. The summed E-state index contributed by atoms with van der Waals surface area (Å²) in [5.41, 5.74) is 7.53. The van der Waals surface area contributed by atoms with Gasteiger partial charge < -0.3 is 16.0 Å². The van der Waals surface area contributed by atoms with Gasteiger partial charge in [-0.3, -0.25) is 9.59 Å². The lowest BCUT2D eigenvalue weighted by Gasteiger charge is -2.29. The summed E-state index contributed by atoms with van der Waals surface area (Å²) < 4.78 is 0. The van der Waals surface area contributed by atoms with Crippen LogP contribution in [0.5, 0.6) is 0 Å². The van der Waals surface area contributed by atoms with Gasteiger partial charge in [0.2, 0.25) is 11.8 Å². The molecule has 6 heteroatoms. The van der Waals surface area contributed by atoms with E-state index in [9.17, 15) is 9.59 Å². The molecule has 22 heavy (non-hydrogen) atoms. The fourth-order valence-electron chi connectivity index (χ4n) is 3.15. The average Bonchev–Trinajstić information content (AvgIpc) is 2.98. The van der Waals surface area contributed by atoms with Crippen LogP contribution in [0.4, 0.5) is 5.69 Å². The number of carbonyl (C=O) groups excluding carboxylic acids is 2. The molecule has 2 unspecified atom stereocenters. The number of hydrogen-bond donors (Lipinski definition) is 2. The highest BCUT2D eigenvalue weighted by Crippen LogP contribution is 2.47. The molecule has 0 radical (unpaired) electrons. The lowest BCUT2D eigenvalue weighted by atomic mass is 10.1. The maximum absolute atomic E-state index is 12.4. The van der Waals surface area contributed by atoms with Gasteiger partial charge in [-0.15, -0.1) is 11.8 Å². The number of thioether (sulfide) groups is 1. The zero-order valence-electron chi connectivity index (χ0n) is 12.7. The van der Waals surface area contributed by atoms with E-state index in [4.69, 9.17) is 5.73 Å². The van der Waals surface area contributed by atoms with Gasteiger partial charge in [0.25, 0.3) is 0 Å². The van der Waals surface area contributed by atoms with E-state index in [0.717, 1.165) is 24.1 Å². The minimum absolute atomic E-state index is 0.0399. The van der Waals surface area contributed by atoms with E-state index in [0.29, 0.717) is 18.7 Å². The summed E-state index contributed by atoms with van der Waals surface area (Å²) in [4.78, 5) is 26.0. The normalized spacial score (nSPS) is 27.0. The maximum Gasteiger partial charge on any atom is 0.243 e. The molecule has 2 saturated heterocycles. The Kier molecular flexibility index (Phi) is 4.04. The molecule has 3 rings (SSSR count). The van der Waals surface area contributed by atoms with Gasteiger partial charge in [-0.25, -0.2) is 0 Å². The van der Waals surface area contributed by atoms with E-state index in [1.54, 1.807) is 16.7 Å². The van der Waals surface area contributed by atoms with E-state index in [2.05, 4.69) is 12.2 Å². The third kappa shape index (κ3) is 2.79. The maximum atomic E-state index is 12.4. The van der Waals surface area contributed by atoms with Crippen LogP contribution in [0.3, 0.4) is 0 Å². The lowest BCUT2D eigenvalue weighted by molar-refractivity contribution is -0.137. The molecule has 118 valence electrons. The molecule has 0 spiro atoms. The number of benzene rings is 1. The Morgan fingerprint density at radius 2 is 2.18 bits per heavy atom. The van der Waals surface area contributed by atoms with Crippen molar-refractivity contribution in [3.05, 3.63) is 29.8 Å². The van der Waals surface area contributed by atoms with Crippen molar-refractivity contribution in [2.75, 3.05) is 18.0 Å². The van der Waals surface area contributed by atoms with Crippen LogP contribution in [0.15, 0.2) is 24.3 Å². The molecule has 1 aromatic rings. The molecule has 2 amide bonds. The van der Waals surface area contributed by atoms with E-state index in [1.807, 2.05) is 24.3 Å². The predicted octanol–water partition coefficient (Wildman–Crippen LogP) is 1.38. The first-order chi connectivity index (χ1) is 10.5. The van der Waals surface area contributed by atoms with Crippen LogP contribution in [0.1, 0.15) is 25.3 Å². The number of nitrogens with one attached hydrogen (secondary N) is 1. The van der Waals surface area contributed by atoms with Crippen molar-refractivity contribution in [1.29, 1.82) is 0 Å². The Hall–Kier alpha value is -1.69. The van der Waals surface area contributed by atoms with Crippen molar-refractivity contribution in [3.8, 4) is 0 Å². The van der Waals surface area contributed by atoms with Gasteiger partial charge in [-0.2, -0.15) is 0 Å². The Labute approximate surface area is 134 Å². The number of anilines is 1. The van der Waals surface area contributed by atoms with E-state index in [-0.39, 0.29) is 22.7 Å². The monoisotopic (exact) mass is 319 g/mol. The van der Waals surface area contributed by atoms with Gasteiger partial charge in [0.05, 0.1) is 4.87 Å². The molecular weight excluding hydrogens is 298 g/mol. The zero-order chi connectivity index (χ0) is 15.7. The predicted molar refractivity (Wildman–Crippen MR) is 88.3 cm³/mol. The van der Waals surface area contributed by atoms with Crippen LogP contribution in [0.2, 0.25) is 0 Å². The van der Waals surface area contributed by atoms with Crippen LogP contribution in [0, 0.1) is 0 Å². The Morgan fingerprint density at radius 3 is 2.91 bits per heavy atom. The zero-order valence-corrected chi connectivity index (χ0v) is 13.5. The standard InChI is InChI=1S/C16H21N3O2S/c1-16-8-6-14(20)19(16)13(10-22-16)15(21)18-9-7-11-2-4-12(17)5-3-11/h2-5,13H,6-10,17H2,1H3,(H,18,21). The van der Waals surface area contributed by atoms with E-state index < -0.39 is 0 Å². The summed E-state index contributed by atoms with van der Waals surface area (Å²) in [6.45, 7) is 2.63. The molecule has 1 aromatic carbocycles. The number of carbonyl (C=O) groups is 2. The first-order valence-corrected chi connectivity index (χ1v) is 8.56. The third-order valence-electron chi connectivity index (χ3n) is 4.44. The largest absolute Gasteiger partial charge is 0.399 e. The highest BCUT2D eigenvalue weighted by atomic mass is 32.2. The molecule has 5 nitrogen and oxygen atoms in total. The average molecular weight is 319 g/mol. The smallest absolute Gasteiger partial charge is 0.243 e. The van der Waals surface area contributed by atoms with E-state index >= 15 is 0 Å². The number of rotatable bonds is 4. The van der Waals surface area contributed by atoms with Crippen molar-refractivity contribution in [2.45, 2.75) is 37.1 Å². The van der Waals surface area contributed by atoms with Crippen LogP contribution in [-0.2, 0) is 16.0 Å². The molecule has 2 aliphatic heterocycles. The number of nitrogens with zero attached hydrogens (tertiary/aromatic N) is 1. The topological polar surface area (TPSA) is 75.4 Å². The summed E-state index contributed by atoms with van der Waals surface area (Å²) in [6, 6.07) is 7.33. The van der Waals surface area contributed by atoms with Gasteiger partial charge in [0, 0.05) is 24.4 Å². The second-order valence-electron chi connectivity index (χ2n) is 6.05. The van der Waals surface area contributed by atoms with Crippen LogP contribution in [0.25, 0.3) is 0 Å². The molecule has 3 N–H and O–H groups in total. The fraction of sp³-hybridized carbons (Fsp3) is 0.500. The fourth-order valence-corrected chi connectivity index (χ4v) is 4.58. The third-order valence-corrected chi connectivity index (χ3v) is 5.95. The molecule has 2 fully saturated rings. The number of nitrogen functional groups attached to an aromatic ring is 1. The summed E-state index contributed by atoms with van der Waals surface area (Å²) in [7, 11) is 0. The number of hydrogen-bond acceptors (Lipinski definition) is 4. The lowest BCUT2D eigenvalue weighted by Crippen LogP contribution is -2.50. The minimum atomic E-state index is -0.323. The van der Waals surface area contributed by atoms with Gasteiger partial charge >= 0.3 is 0 Å². The second kappa shape index (κ2) is 5.83. The quantitative estimate of drug-likeness (QED) is 0.822. The van der Waals surface area contributed by atoms with Crippen LogP contribution in [-0.4, -0.2) is 39.9 Å². The molecule has 0 saturated carbocycles. The van der Waals surface area contributed by atoms with Gasteiger partial charge in [-0.1, -0.05) is 12.1 Å². The van der Waals surface area contributed by atoms with E-state index in [1.165, 1.54) is 0 Å². The Balaban J connectivity index is 1.54. The number of fused-ring (bicyclic) bond motifs is 1. The molecule has 0 bridgehead atoms. The molecule has 0 aromatic heterocycles. The highest BCUT2D eigenvalue weighted by Gasteiger charge is 2.52. The molecule has 2 aliphatic rings. The Bertz CT molecular complexity index is 590. The van der Waals surface area contributed by atoms with Gasteiger partial charge in [0.1, 0.15) is 6.04 Å². The highest BCUT2D eigenvalue weighted by molar-refractivity contribution is 8.01. The van der Waals surface area contributed by atoms with Crippen LogP contribution >= 0.6 is 11.8 Å². The van der Waals surface area contributed by atoms with Crippen molar-refractivity contribution in [3.63, 3.8) is 0 Å². The minimum Gasteiger partial charge on any atom is -0.399 e. The van der Waals surface area contributed by atoms with Crippen molar-refractivity contribution >= 4 is 29.3 Å². The van der Waals surface area contributed by atoms with Crippen molar-refractivity contribution in [1.82, 2.24) is 10.2 Å². The van der Waals surface area contributed by atoms with Gasteiger partial charge in [0.15, 0.2) is 0 Å². The molecule has 2 atom stereocenters. The number of amides is 2. The van der Waals surface area contributed by atoms with Gasteiger partial charge in [-0.05, 0) is 37.5 Å². The summed E-state index contributed by atoms with van der Waals surface area (Å²) in [5.74, 6) is 0.753.